The minimum Gasteiger partial charge on any atom is -0.481 e. The molecule has 1 aliphatic rings. The van der Waals surface area contributed by atoms with Crippen molar-refractivity contribution >= 4 is 40.2 Å². The highest BCUT2D eigenvalue weighted by molar-refractivity contribution is 7.98. The molecule has 2 rings (SSSR count). The Labute approximate surface area is 119 Å². The first kappa shape index (κ1) is 14.1. The van der Waals surface area contributed by atoms with Gasteiger partial charge in [-0.05, 0) is 12.2 Å². The highest BCUT2D eigenvalue weighted by atomic mass is 32.2. The molecule has 0 fully saturated rings. The average molecular weight is 301 g/mol. The fraction of sp³-hybridized carbons (Fsp3) is 0.545. The van der Waals surface area contributed by atoms with Crippen LogP contribution in [0.15, 0.2) is 0 Å². The van der Waals surface area contributed by atoms with Crippen LogP contribution in [-0.2, 0) is 17.0 Å². The molecule has 1 aromatic heterocycles. The third-order valence-electron chi connectivity index (χ3n) is 2.72. The van der Waals surface area contributed by atoms with E-state index < -0.39 is 5.97 Å². The molecule has 0 unspecified atom stereocenters. The van der Waals surface area contributed by atoms with Gasteiger partial charge < -0.3 is 10.0 Å². The molecule has 2 heterocycles. The van der Waals surface area contributed by atoms with E-state index in [9.17, 15) is 9.59 Å². The second kappa shape index (κ2) is 6.25. The molecule has 0 atom stereocenters. The van der Waals surface area contributed by atoms with E-state index in [2.05, 4.69) is 10.3 Å². The number of anilines is 1. The van der Waals surface area contributed by atoms with Crippen molar-refractivity contribution in [2.45, 2.75) is 18.6 Å². The molecule has 0 saturated carbocycles. The van der Waals surface area contributed by atoms with Crippen molar-refractivity contribution in [1.29, 1.82) is 0 Å². The van der Waals surface area contributed by atoms with E-state index >= 15 is 0 Å². The van der Waals surface area contributed by atoms with Crippen LogP contribution < -0.4 is 5.32 Å². The Kier molecular flexibility index (Phi) is 4.65. The van der Waals surface area contributed by atoms with Gasteiger partial charge >= 0.3 is 12.0 Å². The highest BCUT2D eigenvalue weighted by Gasteiger charge is 2.18. The van der Waals surface area contributed by atoms with Gasteiger partial charge in [-0.15, -0.1) is 11.3 Å². The summed E-state index contributed by atoms with van der Waals surface area (Å²) >= 11 is 3.37. The molecule has 1 aromatic rings. The zero-order valence-electron chi connectivity index (χ0n) is 10.5. The van der Waals surface area contributed by atoms with Crippen LogP contribution in [0.25, 0.3) is 0 Å². The van der Waals surface area contributed by atoms with Crippen molar-refractivity contribution in [3.8, 4) is 0 Å². The van der Waals surface area contributed by atoms with E-state index in [0.717, 1.165) is 23.6 Å². The number of carboxylic acid groups (broad SMARTS) is 1. The number of aliphatic carboxylic acids is 1. The van der Waals surface area contributed by atoms with E-state index in [0.29, 0.717) is 5.13 Å². The van der Waals surface area contributed by atoms with Gasteiger partial charge in [0.1, 0.15) is 0 Å². The van der Waals surface area contributed by atoms with Gasteiger partial charge in [-0.3, -0.25) is 10.1 Å². The van der Waals surface area contributed by atoms with E-state index in [1.807, 2.05) is 11.8 Å². The average Bonchev–Trinajstić information content (AvgIpc) is 2.77. The van der Waals surface area contributed by atoms with Crippen LogP contribution in [0.2, 0.25) is 0 Å². The zero-order valence-corrected chi connectivity index (χ0v) is 12.1. The fourth-order valence-corrected chi connectivity index (χ4v) is 3.74. The molecule has 0 radical (unpaired) electrons. The highest BCUT2D eigenvalue weighted by Crippen LogP contribution is 2.31. The van der Waals surface area contributed by atoms with Gasteiger partial charge in [0.2, 0.25) is 0 Å². The minimum absolute atomic E-state index is 0.0606. The van der Waals surface area contributed by atoms with Crippen molar-refractivity contribution in [1.82, 2.24) is 9.88 Å². The normalized spacial score (nSPS) is 13.7. The Bertz CT molecular complexity index is 466. The van der Waals surface area contributed by atoms with E-state index in [1.165, 1.54) is 21.1 Å². The number of nitrogens with zero attached hydrogens (tertiary/aromatic N) is 2. The second-order valence-electron chi connectivity index (χ2n) is 4.19. The van der Waals surface area contributed by atoms with Crippen LogP contribution in [-0.4, -0.2) is 46.3 Å². The first-order chi connectivity index (χ1) is 9.06. The maximum absolute atomic E-state index is 11.8. The Morgan fingerprint density at radius 2 is 2.32 bits per heavy atom. The molecule has 0 aromatic carbocycles. The summed E-state index contributed by atoms with van der Waals surface area (Å²) in [7, 11) is 1.57. The van der Waals surface area contributed by atoms with Crippen LogP contribution >= 0.6 is 23.1 Å². The molecule has 0 bridgehead atoms. The molecule has 0 aliphatic carbocycles. The Morgan fingerprint density at radius 1 is 1.53 bits per heavy atom. The summed E-state index contributed by atoms with van der Waals surface area (Å²) in [5, 5.41) is 11.9. The van der Waals surface area contributed by atoms with Crippen LogP contribution in [0.4, 0.5) is 9.93 Å². The van der Waals surface area contributed by atoms with Crippen molar-refractivity contribution in [2.24, 2.45) is 0 Å². The molecule has 6 nitrogen and oxygen atoms in total. The number of thioether (sulfide) groups is 1. The predicted octanol–water partition coefficient (Wildman–Crippen LogP) is 1.87. The third kappa shape index (κ3) is 3.84. The molecular weight excluding hydrogens is 286 g/mol. The predicted molar refractivity (Wildman–Crippen MR) is 75.9 cm³/mol. The van der Waals surface area contributed by atoms with Crippen molar-refractivity contribution in [3.63, 3.8) is 0 Å². The van der Waals surface area contributed by atoms with Gasteiger partial charge in [-0.2, -0.15) is 11.8 Å². The molecule has 0 spiro atoms. The number of urea groups is 1. The molecule has 104 valence electrons. The smallest absolute Gasteiger partial charge is 0.323 e. The first-order valence-electron chi connectivity index (χ1n) is 5.86. The summed E-state index contributed by atoms with van der Waals surface area (Å²) in [6.07, 6.45) is 0.885. The summed E-state index contributed by atoms with van der Waals surface area (Å²) in [4.78, 5) is 29.2. The lowest BCUT2D eigenvalue weighted by atomic mass is 10.3. The largest absolute Gasteiger partial charge is 0.481 e. The van der Waals surface area contributed by atoms with Crippen LogP contribution in [0, 0.1) is 0 Å². The number of amides is 2. The van der Waals surface area contributed by atoms with Crippen LogP contribution in [0.3, 0.4) is 0 Å². The fourth-order valence-electron chi connectivity index (χ4n) is 1.63. The summed E-state index contributed by atoms with van der Waals surface area (Å²) < 4.78 is 0. The summed E-state index contributed by atoms with van der Waals surface area (Å²) in [6, 6.07) is -0.319. The van der Waals surface area contributed by atoms with Crippen molar-refractivity contribution in [3.05, 3.63) is 10.6 Å². The van der Waals surface area contributed by atoms with Gasteiger partial charge in [0, 0.05) is 24.2 Å². The molecule has 1 aliphatic heterocycles. The molecule has 0 saturated heterocycles. The number of nitrogens with one attached hydrogen (secondary N) is 1. The molecule has 2 N–H and O–H groups in total. The number of aryl methyl sites for hydroxylation is 1. The van der Waals surface area contributed by atoms with E-state index in [-0.39, 0.29) is 19.0 Å². The Morgan fingerprint density at radius 3 is 3.00 bits per heavy atom. The lowest BCUT2D eigenvalue weighted by Crippen LogP contribution is -2.33. The van der Waals surface area contributed by atoms with Gasteiger partial charge in [0.15, 0.2) is 5.13 Å². The molecule has 2 amide bonds. The van der Waals surface area contributed by atoms with Crippen molar-refractivity contribution in [2.75, 3.05) is 24.7 Å². The van der Waals surface area contributed by atoms with Gasteiger partial charge in [0.05, 0.1) is 12.1 Å². The number of carbonyl (C=O) groups excluding carboxylic acids is 1. The number of thiazole rings is 1. The lowest BCUT2D eigenvalue weighted by Gasteiger charge is -2.15. The third-order valence-corrected chi connectivity index (χ3v) is 4.90. The molecule has 19 heavy (non-hydrogen) atoms. The number of hydrogen-bond acceptors (Lipinski definition) is 5. The molecule has 8 heteroatoms. The van der Waals surface area contributed by atoms with E-state index in [1.54, 1.807) is 7.05 Å². The quantitative estimate of drug-likeness (QED) is 0.887. The lowest BCUT2D eigenvalue weighted by molar-refractivity contribution is -0.137. The monoisotopic (exact) mass is 301 g/mol. The number of rotatable bonds is 4. The number of hydrogen-bond donors (Lipinski definition) is 2. The number of carboxylic acids is 1. The minimum atomic E-state index is -0.915. The second-order valence-corrected chi connectivity index (χ2v) is 6.38. The topological polar surface area (TPSA) is 82.5 Å². The SMILES string of the molecule is CN(CCC(=O)O)C(=O)Nc1nc2c(s1)CSCC2. The Balaban J connectivity index is 1.91. The first-order valence-corrected chi connectivity index (χ1v) is 7.83. The molecular formula is C11H15N3O3S2. The summed E-state index contributed by atoms with van der Waals surface area (Å²) in [5.41, 5.74) is 1.08. The maximum atomic E-state index is 11.8. The Hall–Kier alpha value is -1.28. The maximum Gasteiger partial charge on any atom is 0.323 e. The van der Waals surface area contributed by atoms with E-state index in [4.69, 9.17) is 5.11 Å². The zero-order chi connectivity index (χ0) is 13.8. The number of fused-ring (bicyclic) bond motifs is 1. The standard InChI is InChI=1S/C11H15N3O3S2/c1-14(4-2-9(15)16)11(17)13-10-12-7-3-5-18-6-8(7)19-10/h2-6H2,1H3,(H,15,16)(H,12,13,17). The van der Waals surface area contributed by atoms with Crippen molar-refractivity contribution < 1.29 is 14.7 Å². The van der Waals surface area contributed by atoms with Crippen LogP contribution in [0.1, 0.15) is 17.0 Å². The van der Waals surface area contributed by atoms with Crippen LogP contribution in [0.5, 0.6) is 0 Å². The van der Waals surface area contributed by atoms with Gasteiger partial charge in [-0.25, -0.2) is 9.78 Å². The number of carbonyl (C=O) groups is 2. The van der Waals surface area contributed by atoms with Gasteiger partial charge in [-0.1, -0.05) is 0 Å². The summed E-state index contributed by atoms with van der Waals surface area (Å²) in [6.45, 7) is 0.183. The number of aromatic nitrogens is 1. The summed E-state index contributed by atoms with van der Waals surface area (Å²) in [5.74, 6) is 1.11. The van der Waals surface area contributed by atoms with Gasteiger partial charge in [0.25, 0.3) is 0 Å².